The zero-order valence-corrected chi connectivity index (χ0v) is 18.9. The second-order valence-electron chi connectivity index (χ2n) is 7.78. The highest BCUT2D eigenvalue weighted by Gasteiger charge is 2.12. The molecule has 162 valence electrons. The average Bonchev–Trinajstić information content (AvgIpc) is 3.16. The maximum Gasteiger partial charge on any atom is 0.206 e. The Hall–Kier alpha value is -2.77. The molecule has 4 rings (SSSR count). The largest absolute Gasteiger partial charge is 0.378 e. The molecule has 1 saturated heterocycles. The number of benzene rings is 2. The molecule has 5 nitrogen and oxygen atoms in total. The normalized spacial score (nSPS) is 15.7. The monoisotopic (exact) mass is 438 g/mol. The zero-order chi connectivity index (χ0) is 21.8. The molecule has 0 saturated carbocycles. The van der Waals surface area contributed by atoms with E-state index in [1.807, 2.05) is 30.8 Å². The van der Waals surface area contributed by atoms with Gasteiger partial charge >= 0.3 is 0 Å². The van der Waals surface area contributed by atoms with Gasteiger partial charge in [0.2, 0.25) is 4.80 Å². The number of hydrogen-bond donors (Lipinski definition) is 0. The number of thiazole rings is 1. The third-order valence-corrected chi connectivity index (χ3v) is 5.94. The lowest BCUT2D eigenvalue weighted by atomic mass is 10.1. The molecule has 1 aliphatic heterocycles. The van der Waals surface area contributed by atoms with Gasteiger partial charge in [0.25, 0.3) is 0 Å². The first-order chi connectivity index (χ1) is 15.0. The topological polar surface area (TPSA) is 42.1 Å². The molecular formula is C24H27FN4OS. The van der Waals surface area contributed by atoms with Crippen LogP contribution in [0.15, 0.2) is 64.0 Å². The van der Waals surface area contributed by atoms with Crippen LogP contribution in [0.4, 0.5) is 10.1 Å². The first-order valence-corrected chi connectivity index (χ1v) is 11.4. The molecule has 1 aliphatic rings. The highest BCUT2D eigenvalue weighted by molar-refractivity contribution is 7.07. The van der Waals surface area contributed by atoms with Gasteiger partial charge < -0.3 is 9.64 Å². The molecule has 0 atom stereocenters. The van der Waals surface area contributed by atoms with E-state index in [1.165, 1.54) is 29.2 Å². The Morgan fingerprint density at radius 2 is 1.71 bits per heavy atom. The molecule has 2 aromatic carbocycles. The smallest absolute Gasteiger partial charge is 0.206 e. The molecular weight excluding hydrogens is 411 g/mol. The number of morpholine rings is 1. The number of rotatable bonds is 5. The first-order valence-electron chi connectivity index (χ1n) is 10.5. The first kappa shape index (κ1) is 21.5. The van der Waals surface area contributed by atoms with Crippen LogP contribution in [0.5, 0.6) is 0 Å². The summed E-state index contributed by atoms with van der Waals surface area (Å²) in [6, 6.07) is 15.1. The van der Waals surface area contributed by atoms with Crippen molar-refractivity contribution in [3.63, 3.8) is 0 Å². The van der Waals surface area contributed by atoms with E-state index in [9.17, 15) is 4.39 Å². The Morgan fingerprint density at radius 3 is 2.35 bits per heavy atom. The Balaban J connectivity index is 1.69. The van der Waals surface area contributed by atoms with E-state index in [0.717, 1.165) is 53.6 Å². The molecule has 0 amide bonds. The quantitative estimate of drug-likeness (QED) is 0.539. The Bertz CT molecular complexity index is 1110. The number of halogens is 1. The predicted molar refractivity (Wildman–Crippen MR) is 125 cm³/mol. The number of ether oxygens (including phenoxy) is 1. The van der Waals surface area contributed by atoms with Crippen molar-refractivity contribution >= 4 is 22.7 Å². The van der Waals surface area contributed by atoms with Gasteiger partial charge in [0, 0.05) is 35.8 Å². The number of hydrogen-bond acceptors (Lipinski definition) is 5. The molecule has 0 bridgehead atoms. The lowest BCUT2D eigenvalue weighted by Crippen LogP contribution is -2.36. The molecule has 0 spiro atoms. The summed E-state index contributed by atoms with van der Waals surface area (Å²) >= 11 is 1.54. The Labute approximate surface area is 186 Å². The number of aromatic nitrogens is 1. The van der Waals surface area contributed by atoms with Crippen molar-refractivity contribution in [1.82, 2.24) is 4.68 Å². The fourth-order valence-corrected chi connectivity index (χ4v) is 4.43. The molecule has 0 radical (unpaired) electrons. The van der Waals surface area contributed by atoms with Gasteiger partial charge in [0.1, 0.15) is 5.82 Å². The van der Waals surface area contributed by atoms with Crippen LogP contribution in [0, 0.1) is 5.82 Å². The maximum absolute atomic E-state index is 13.4. The molecule has 7 heteroatoms. The summed E-state index contributed by atoms with van der Waals surface area (Å²) in [5, 5.41) is 6.93. The van der Waals surface area contributed by atoms with Crippen LogP contribution in [0.1, 0.15) is 26.3 Å². The molecule has 0 aliphatic carbocycles. The van der Waals surface area contributed by atoms with Crippen LogP contribution in [-0.2, 0) is 4.74 Å². The Morgan fingerprint density at radius 1 is 1.03 bits per heavy atom. The van der Waals surface area contributed by atoms with Crippen LogP contribution in [0.25, 0.3) is 11.3 Å². The van der Waals surface area contributed by atoms with Gasteiger partial charge in [-0.2, -0.15) is 5.10 Å². The summed E-state index contributed by atoms with van der Waals surface area (Å²) in [7, 11) is 0. The van der Waals surface area contributed by atoms with Crippen molar-refractivity contribution in [1.29, 1.82) is 0 Å². The van der Waals surface area contributed by atoms with E-state index in [4.69, 9.17) is 14.8 Å². The van der Waals surface area contributed by atoms with Gasteiger partial charge in [0.15, 0.2) is 0 Å². The van der Waals surface area contributed by atoms with Crippen LogP contribution in [-0.4, -0.2) is 42.7 Å². The second-order valence-corrected chi connectivity index (χ2v) is 8.61. The number of anilines is 1. The SMILES string of the molecule is CC(=Nn1c(-c2ccc(F)cc2)csc1=NC(C)C)c1ccc(N2CCOCC2)cc1. The van der Waals surface area contributed by atoms with Gasteiger partial charge in [-0.3, -0.25) is 4.99 Å². The number of nitrogens with zero attached hydrogens (tertiary/aromatic N) is 4. The molecule has 0 N–H and O–H groups in total. The Kier molecular flexibility index (Phi) is 6.63. The van der Waals surface area contributed by atoms with Crippen molar-refractivity contribution in [2.75, 3.05) is 31.2 Å². The van der Waals surface area contributed by atoms with Crippen molar-refractivity contribution in [2.24, 2.45) is 10.1 Å². The summed E-state index contributed by atoms with van der Waals surface area (Å²) in [4.78, 5) is 7.88. The lowest BCUT2D eigenvalue weighted by molar-refractivity contribution is 0.122. The van der Waals surface area contributed by atoms with E-state index in [-0.39, 0.29) is 11.9 Å². The fourth-order valence-electron chi connectivity index (χ4n) is 3.47. The molecule has 1 aromatic heterocycles. The van der Waals surface area contributed by atoms with Crippen molar-refractivity contribution < 1.29 is 9.13 Å². The van der Waals surface area contributed by atoms with Gasteiger partial charge in [0.05, 0.1) is 24.6 Å². The van der Waals surface area contributed by atoms with Crippen LogP contribution < -0.4 is 9.70 Å². The second kappa shape index (κ2) is 9.58. The molecule has 1 fully saturated rings. The maximum atomic E-state index is 13.4. The fraction of sp³-hybridized carbons (Fsp3) is 0.333. The summed E-state index contributed by atoms with van der Waals surface area (Å²) in [5.74, 6) is -0.252. The van der Waals surface area contributed by atoms with Crippen LogP contribution >= 0.6 is 11.3 Å². The average molecular weight is 439 g/mol. The minimum absolute atomic E-state index is 0.147. The molecule has 31 heavy (non-hydrogen) atoms. The third-order valence-electron chi connectivity index (χ3n) is 5.11. The van der Waals surface area contributed by atoms with Gasteiger partial charge in [-0.05, 0) is 62.7 Å². The zero-order valence-electron chi connectivity index (χ0n) is 18.1. The summed E-state index contributed by atoms with van der Waals surface area (Å²) < 4.78 is 20.7. The molecule has 3 aromatic rings. The minimum atomic E-state index is -0.252. The van der Waals surface area contributed by atoms with Crippen molar-refractivity contribution in [3.8, 4) is 11.3 Å². The van der Waals surface area contributed by atoms with Crippen LogP contribution in [0.2, 0.25) is 0 Å². The predicted octanol–water partition coefficient (Wildman–Crippen LogP) is 4.77. The van der Waals surface area contributed by atoms with E-state index >= 15 is 0 Å². The third kappa shape index (κ3) is 5.11. The van der Waals surface area contributed by atoms with Gasteiger partial charge in [-0.1, -0.05) is 12.1 Å². The summed E-state index contributed by atoms with van der Waals surface area (Å²) in [6.45, 7) is 9.46. The lowest BCUT2D eigenvalue weighted by Gasteiger charge is -2.28. The molecule has 0 unspecified atom stereocenters. The van der Waals surface area contributed by atoms with Gasteiger partial charge in [-0.25, -0.2) is 9.07 Å². The minimum Gasteiger partial charge on any atom is -0.378 e. The van der Waals surface area contributed by atoms with Gasteiger partial charge in [-0.15, -0.1) is 11.3 Å². The highest BCUT2D eigenvalue weighted by atomic mass is 32.1. The highest BCUT2D eigenvalue weighted by Crippen LogP contribution is 2.22. The standard InChI is InChI=1S/C24H27FN4OS/c1-17(2)26-24-29(23(16-31-24)20-4-8-21(25)9-5-20)27-18(3)19-6-10-22(11-7-19)28-12-14-30-15-13-28/h4-11,16-17H,12-15H2,1-3H3. The van der Waals surface area contributed by atoms with E-state index in [1.54, 1.807) is 12.1 Å². The van der Waals surface area contributed by atoms with E-state index < -0.39 is 0 Å². The van der Waals surface area contributed by atoms with E-state index in [2.05, 4.69) is 29.2 Å². The van der Waals surface area contributed by atoms with E-state index in [0.29, 0.717) is 0 Å². The van der Waals surface area contributed by atoms with Crippen molar-refractivity contribution in [2.45, 2.75) is 26.8 Å². The summed E-state index contributed by atoms with van der Waals surface area (Å²) in [5.41, 5.74) is 4.94. The summed E-state index contributed by atoms with van der Waals surface area (Å²) in [6.07, 6.45) is 0. The van der Waals surface area contributed by atoms with Crippen LogP contribution in [0.3, 0.4) is 0 Å². The van der Waals surface area contributed by atoms with Crippen molar-refractivity contribution in [3.05, 3.63) is 70.1 Å². The molecule has 2 heterocycles.